The molecule has 11 heterocycles. The van der Waals surface area contributed by atoms with Crippen molar-refractivity contribution in [2.75, 3.05) is 42.0 Å². The van der Waals surface area contributed by atoms with Gasteiger partial charge in [0.1, 0.15) is 63.2 Å². The van der Waals surface area contributed by atoms with Gasteiger partial charge in [0.2, 0.25) is 0 Å². The van der Waals surface area contributed by atoms with E-state index in [1.54, 1.807) is 63.7 Å². The Labute approximate surface area is 839 Å². The van der Waals surface area contributed by atoms with Crippen molar-refractivity contribution >= 4 is 89.6 Å². The number of methoxy groups -OCH3 is 1. The Balaban J connectivity index is 0.000000170. The number of nitrogens with zero attached hydrogens (tertiary/aromatic N) is 17. The molecule has 0 aliphatic carbocycles. The third-order valence-electron chi connectivity index (χ3n) is 25.3. The fourth-order valence-corrected chi connectivity index (χ4v) is 18.3. The second kappa shape index (κ2) is 47.0. The molecule has 1 aliphatic rings. The second-order valence-electron chi connectivity index (χ2n) is 37.6. The molecule has 1 fully saturated rings. The Morgan fingerprint density at radius 2 is 0.729 bits per heavy atom. The summed E-state index contributed by atoms with van der Waals surface area (Å²) in [6.45, 7) is 23.9. The molecule has 18 aromatic rings. The van der Waals surface area contributed by atoms with E-state index in [2.05, 4.69) is 161 Å². The fourth-order valence-electron chi connectivity index (χ4n) is 18.3. The first-order chi connectivity index (χ1) is 67.5. The van der Waals surface area contributed by atoms with Crippen LogP contribution in [0.4, 0.5) is 46.0 Å². The summed E-state index contributed by atoms with van der Waals surface area (Å²) in [4.78, 5) is 116. The van der Waals surface area contributed by atoms with Crippen molar-refractivity contribution in [3.63, 3.8) is 0 Å². The van der Waals surface area contributed by atoms with Gasteiger partial charge < -0.3 is 44.3 Å². The number of fused-ring (bicyclic) bond motifs is 4. The highest BCUT2D eigenvalue weighted by molar-refractivity contribution is 5.96. The largest absolute Gasteiger partial charge is 0.497 e. The number of nitrogens with one attached hydrogen (secondary N) is 4. The number of hydrogen-bond donors (Lipinski definition) is 4. The fraction of sp³-hybridized carbons (Fsp3) is 0.307. The summed E-state index contributed by atoms with van der Waals surface area (Å²) in [5.41, 5.74) is 13.1. The first-order valence-corrected chi connectivity index (χ1v) is 47.4. The number of anilines is 8. The van der Waals surface area contributed by atoms with Gasteiger partial charge in [-0.15, -0.1) is 0 Å². The lowest BCUT2D eigenvalue weighted by molar-refractivity contribution is 0.317. The molecule has 0 amide bonds. The van der Waals surface area contributed by atoms with Gasteiger partial charge in [-0.25, -0.2) is 28.8 Å². The van der Waals surface area contributed by atoms with E-state index in [9.17, 15) is 38.4 Å². The molecule has 30 heteroatoms. The third-order valence-corrected chi connectivity index (χ3v) is 25.3. The predicted molar refractivity (Wildman–Crippen MR) is 587 cm³/mol. The van der Waals surface area contributed by atoms with Crippen LogP contribution in [0.3, 0.4) is 0 Å². The molecule has 752 valence electrons. The van der Waals surface area contributed by atoms with Gasteiger partial charge in [0.05, 0.1) is 40.6 Å². The topological polar surface area (TPSA) is 300 Å². The maximum absolute atomic E-state index is 13.4. The van der Waals surface area contributed by atoms with Gasteiger partial charge in [-0.1, -0.05) is 237 Å². The third kappa shape index (κ3) is 23.2. The average molecular weight is 1950 g/mol. The van der Waals surface area contributed by atoms with Crippen LogP contribution in [0.5, 0.6) is 5.75 Å². The van der Waals surface area contributed by atoms with Crippen LogP contribution in [0.15, 0.2) is 312 Å². The Morgan fingerprint density at radius 3 is 1.08 bits per heavy atom. The normalized spacial score (nSPS) is 12.3. The number of aryl methyl sites for hydroxylation is 1. The maximum atomic E-state index is 13.4. The van der Waals surface area contributed by atoms with Crippen LogP contribution in [0.2, 0.25) is 0 Å². The van der Waals surface area contributed by atoms with Crippen LogP contribution in [0, 0.1) is 30.6 Å². The van der Waals surface area contributed by atoms with Gasteiger partial charge in [0, 0.05) is 145 Å². The SMILES string of the molecule is C.C.C.C.CC(C)Cn1c(=O)n(C)c(=O)c2c(Nc3ccccc3)n(Cc3ccc(-c4ccccn4)cc3)cc21.CC(C)Cn1c(=O)n(C)c(=O)c2c(Nc3ccccc3)n(Cc3ccc(-n4cncn4)cc3)cc21.CC(C)Cn1c(=O)n(C)c(=O)c2c(Nc3ccccc3)n(Cc3ccc(C4CCCN4C)cc3)cc21.COc1ccc(Cn2c(Nc3ccccc3)c3c(=O)n(C)c(=O)n(CC(C)C)c3c2C)cc1. The lowest BCUT2D eigenvalue weighted by atomic mass is 10.0. The van der Waals surface area contributed by atoms with Crippen molar-refractivity contribution in [3.8, 4) is 22.7 Å². The Morgan fingerprint density at radius 1 is 0.382 bits per heavy atom. The molecule has 10 aromatic heterocycles. The minimum absolute atomic E-state index is 0. The van der Waals surface area contributed by atoms with Gasteiger partial charge in [-0.3, -0.25) is 65.6 Å². The van der Waals surface area contributed by atoms with E-state index in [1.807, 2.05) is 223 Å². The first-order valence-electron chi connectivity index (χ1n) is 47.4. The minimum Gasteiger partial charge on any atom is -0.497 e. The zero-order valence-corrected chi connectivity index (χ0v) is 81.9. The quantitative estimate of drug-likeness (QED) is 0.0354. The predicted octanol–water partition coefficient (Wildman–Crippen LogP) is 20.1. The maximum Gasteiger partial charge on any atom is 0.331 e. The molecule has 1 saturated heterocycles. The molecule has 1 atom stereocenters. The van der Waals surface area contributed by atoms with E-state index in [0.29, 0.717) is 125 Å². The van der Waals surface area contributed by atoms with Crippen LogP contribution in [0.25, 0.3) is 60.6 Å². The van der Waals surface area contributed by atoms with E-state index in [4.69, 9.17) is 4.74 Å². The van der Waals surface area contributed by atoms with Crippen molar-refractivity contribution < 1.29 is 4.74 Å². The number of ether oxygens (including phenoxy) is 1. The molecule has 4 N–H and O–H groups in total. The van der Waals surface area contributed by atoms with E-state index >= 15 is 0 Å². The number of benzene rings is 8. The molecule has 1 unspecified atom stereocenters. The Hall–Kier alpha value is -16.1. The number of hydrogen-bond acceptors (Lipinski definition) is 17. The van der Waals surface area contributed by atoms with E-state index in [-0.39, 0.29) is 98.4 Å². The second-order valence-corrected chi connectivity index (χ2v) is 37.6. The molecule has 0 saturated carbocycles. The molecule has 0 spiro atoms. The molecule has 0 radical (unpaired) electrons. The summed E-state index contributed by atoms with van der Waals surface area (Å²) in [7, 11) is 10.0. The Bertz CT molecular complexity index is 7940. The molecule has 30 nitrogen and oxygen atoms in total. The zero-order valence-electron chi connectivity index (χ0n) is 81.9. The summed E-state index contributed by atoms with van der Waals surface area (Å²) < 4.78 is 26.8. The summed E-state index contributed by atoms with van der Waals surface area (Å²) in [5, 5.41) is 20.0. The highest BCUT2D eigenvalue weighted by atomic mass is 16.5. The lowest BCUT2D eigenvalue weighted by Gasteiger charge is -2.20. The number of likely N-dealkylation sites (tertiary alicyclic amines) is 1. The number of pyridine rings is 1. The molecule has 19 rings (SSSR count). The van der Waals surface area contributed by atoms with Gasteiger partial charge in [-0.2, -0.15) is 5.10 Å². The molecule has 144 heavy (non-hydrogen) atoms. The van der Waals surface area contributed by atoms with Gasteiger partial charge in [-0.05, 0) is 170 Å². The van der Waals surface area contributed by atoms with Gasteiger partial charge in [0.25, 0.3) is 22.2 Å². The van der Waals surface area contributed by atoms with Gasteiger partial charge >= 0.3 is 22.8 Å². The van der Waals surface area contributed by atoms with E-state index in [0.717, 1.165) is 79.9 Å². The van der Waals surface area contributed by atoms with Crippen LogP contribution in [-0.4, -0.2) is 100 Å². The molecular formula is C114H137N21O9. The van der Waals surface area contributed by atoms with Crippen LogP contribution in [0.1, 0.15) is 137 Å². The van der Waals surface area contributed by atoms with Crippen LogP contribution in [-0.2, 0) is 80.5 Å². The molecular weight excluding hydrogens is 1810 g/mol. The molecule has 1 aliphatic heterocycles. The van der Waals surface area contributed by atoms with Crippen molar-refractivity contribution in [1.29, 1.82) is 0 Å². The molecule has 0 bridgehead atoms. The van der Waals surface area contributed by atoms with Crippen molar-refractivity contribution in [2.45, 2.75) is 163 Å². The van der Waals surface area contributed by atoms with E-state index in [1.165, 1.54) is 50.0 Å². The molecule has 8 aromatic carbocycles. The van der Waals surface area contributed by atoms with E-state index < -0.39 is 0 Å². The number of aromatic nitrogens is 16. The van der Waals surface area contributed by atoms with Crippen molar-refractivity contribution in [3.05, 3.63) is 391 Å². The highest BCUT2D eigenvalue weighted by Crippen LogP contribution is 2.37. The van der Waals surface area contributed by atoms with Gasteiger partial charge in [0.15, 0.2) is 0 Å². The monoisotopic (exact) mass is 1940 g/mol. The number of rotatable bonds is 28. The lowest BCUT2D eigenvalue weighted by Crippen LogP contribution is -2.38. The van der Waals surface area contributed by atoms with Crippen molar-refractivity contribution in [1.82, 2.24) is 79.5 Å². The summed E-state index contributed by atoms with van der Waals surface area (Å²) in [6, 6.07) is 78.3. The summed E-state index contributed by atoms with van der Waals surface area (Å²) >= 11 is 0. The standard InChI is InChI=1S/C29H35N5O2.C29H29N5O2.C26H27N7O2.C26H30N4O3.4CH4/c1-20(2)17-34-25-19-33(18-21-12-14-22(15-13-21)24-11-8-16-31(24)3)27(30-23-9-6-5-7-10-23)26(25)28(35)32(4)29(34)36;1-20(2)17-34-25-19-33(18-21-12-14-22(15-13-21)24-11-7-8-16-30-24)27(31-23-9-5-4-6-10-23)26(25)28(35)32(3)29(34)36;1-18(2)13-32-22-15-31(14-19-9-11-21(12-10-19)33-17-27-16-28-33)24(29-20-7-5-4-6-8-20)23(22)25(34)30(3)26(32)35;1-17(2)15-30-23-18(3)29(16-19-11-13-21(33-5)14-12-19)24(27-20-9-7-6-8-10-20)22(23)25(31)28(4)26(30)32;;;;/h5-7,9-10,12-15,19-20,24,30H,8,11,16-18H2,1-4H3;4-16,19-20,31H,17-18H2,1-3H3;4-12,15-18,29H,13-14H2,1-3H3;6-14,17,27H,15-16H2,1-5H3;4*1H4. The highest BCUT2D eigenvalue weighted by Gasteiger charge is 2.29. The minimum atomic E-state index is -0.316. The summed E-state index contributed by atoms with van der Waals surface area (Å²) in [5.74, 6) is 4.50. The summed E-state index contributed by atoms with van der Waals surface area (Å²) in [6.07, 6.45) is 13.1. The smallest absolute Gasteiger partial charge is 0.331 e. The first kappa shape index (κ1) is 107. The Kier molecular flexibility index (Phi) is 34.8. The zero-order chi connectivity index (χ0) is 98.9. The van der Waals surface area contributed by atoms with Crippen molar-refractivity contribution in [2.24, 2.45) is 51.9 Å². The number of para-hydroxylation sites is 4. The van der Waals surface area contributed by atoms with Crippen LogP contribution < -0.4 is 71.0 Å². The average Bonchev–Trinajstić information content (AvgIpc) is 1.56. The van der Waals surface area contributed by atoms with Crippen LogP contribution >= 0.6 is 0 Å².